The van der Waals surface area contributed by atoms with Crippen LogP contribution in [0.5, 0.6) is 0 Å². The zero-order valence-electron chi connectivity index (χ0n) is 12.1. The predicted molar refractivity (Wildman–Crippen MR) is 82.1 cm³/mol. The average molecular weight is 309 g/mol. The normalized spacial score (nSPS) is 25.0. The molecule has 4 nitrogen and oxygen atoms in total. The molecule has 114 valence electrons. The van der Waals surface area contributed by atoms with Crippen molar-refractivity contribution in [1.82, 2.24) is 4.90 Å². The number of benzene rings is 1. The fourth-order valence-electron chi connectivity index (χ4n) is 3.31. The minimum atomic E-state index is -0.776. The summed E-state index contributed by atoms with van der Waals surface area (Å²) >= 11 is 6.31. The van der Waals surface area contributed by atoms with Crippen molar-refractivity contribution in [2.75, 3.05) is 19.8 Å². The lowest BCUT2D eigenvalue weighted by molar-refractivity contribution is -0.141. The Morgan fingerprint density at radius 2 is 2.05 bits per heavy atom. The molecule has 2 aliphatic heterocycles. The van der Waals surface area contributed by atoms with Gasteiger partial charge >= 0.3 is 0 Å². The number of amides is 1. The fourth-order valence-corrected chi connectivity index (χ4v) is 3.58. The fraction of sp³-hybridized carbons (Fsp3) is 0.562. The van der Waals surface area contributed by atoms with Crippen molar-refractivity contribution in [3.8, 4) is 0 Å². The van der Waals surface area contributed by atoms with E-state index in [4.69, 9.17) is 22.1 Å². The third-order valence-electron chi connectivity index (χ3n) is 4.59. The molecule has 0 radical (unpaired) electrons. The smallest absolute Gasteiger partial charge is 0.243 e. The molecule has 0 saturated carbocycles. The average Bonchev–Trinajstić information content (AvgIpc) is 2.97. The first-order chi connectivity index (χ1) is 10.1. The number of carbonyl (C=O) groups is 1. The Morgan fingerprint density at radius 3 is 2.76 bits per heavy atom. The van der Waals surface area contributed by atoms with Crippen LogP contribution in [0.4, 0.5) is 0 Å². The number of carbonyl (C=O) groups excluding carboxylic acids is 1. The summed E-state index contributed by atoms with van der Waals surface area (Å²) in [6, 6.07) is 7.82. The van der Waals surface area contributed by atoms with Crippen LogP contribution < -0.4 is 5.73 Å². The molecule has 1 aromatic carbocycles. The maximum atomic E-state index is 12.9. The summed E-state index contributed by atoms with van der Waals surface area (Å²) in [5, 5.41) is 0.722. The Balaban J connectivity index is 1.84. The van der Waals surface area contributed by atoms with Crippen molar-refractivity contribution in [3.63, 3.8) is 0 Å². The third-order valence-corrected chi connectivity index (χ3v) is 4.93. The van der Waals surface area contributed by atoms with Gasteiger partial charge in [-0.3, -0.25) is 4.79 Å². The Labute approximate surface area is 130 Å². The van der Waals surface area contributed by atoms with Gasteiger partial charge in [-0.25, -0.2) is 0 Å². The largest absolute Gasteiger partial charge is 0.381 e. The van der Waals surface area contributed by atoms with Crippen molar-refractivity contribution >= 4 is 17.5 Å². The molecular formula is C16H21ClN2O2. The molecule has 1 unspecified atom stereocenters. The first-order valence-electron chi connectivity index (χ1n) is 7.54. The van der Waals surface area contributed by atoms with E-state index in [2.05, 4.69) is 0 Å². The molecule has 2 heterocycles. The van der Waals surface area contributed by atoms with E-state index >= 15 is 0 Å². The molecule has 1 aromatic rings. The summed E-state index contributed by atoms with van der Waals surface area (Å²) in [5.41, 5.74) is 6.61. The second kappa shape index (κ2) is 5.95. The van der Waals surface area contributed by atoms with Crippen molar-refractivity contribution in [2.24, 2.45) is 5.73 Å². The zero-order valence-corrected chi connectivity index (χ0v) is 12.8. The number of hydrogen-bond acceptors (Lipinski definition) is 3. The van der Waals surface area contributed by atoms with Gasteiger partial charge in [-0.15, -0.1) is 0 Å². The molecule has 21 heavy (non-hydrogen) atoms. The van der Waals surface area contributed by atoms with E-state index in [-0.39, 0.29) is 11.9 Å². The number of halogens is 1. The van der Waals surface area contributed by atoms with Crippen molar-refractivity contribution in [3.05, 3.63) is 34.9 Å². The van der Waals surface area contributed by atoms with Crippen LogP contribution in [0.25, 0.3) is 0 Å². The van der Waals surface area contributed by atoms with Gasteiger partial charge < -0.3 is 15.4 Å². The minimum Gasteiger partial charge on any atom is -0.381 e. The molecule has 2 aliphatic rings. The van der Waals surface area contributed by atoms with E-state index in [1.165, 1.54) is 0 Å². The van der Waals surface area contributed by atoms with Gasteiger partial charge in [0.2, 0.25) is 5.91 Å². The van der Waals surface area contributed by atoms with Gasteiger partial charge in [0, 0.05) is 24.8 Å². The van der Waals surface area contributed by atoms with Gasteiger partial charge in [0.25, 0.3) is 0 Å². The quantitative estimate of drug-likeness (QED) is 0.913. The van der Waals surface area contributed by atoms with Gasteiger partial charge in [0.1, 0.15) is 0 Å². The minimum absolute atomic E-state index is 0.0493. The molecule has 1 amide bonds. The Kier molecular flexibility index (Phi) is 4.20. The van der Waals surface area contributed by atoms with Gasteiger partial charge in [-0.2, -0.15) is 0 Å². The van der Waals surface area contributed by atoms with Crippen molar-refractivity contribution < 1.29 is 9.53 Å². The number of hydrogen-bond donors (Lipinski definition) is 1. The second-order valence-electron chi connectivity index (χ2n) is 5.95. The van der Waals surface area contributed by atoms with E-state index in [0.717, 1.165) is 30.0 Å². The highest BCUT2D eigenvalue weighted by Crippen LogP contribution is 2.37. The molecule has 2 N–H and O–H groups in total. The molecule has 2 saturated heterocycles. The lowest BCUT2D eigenvalue weighted by atomic mass is 9.89. The topological polar surface area (TPSA) is 55.6 Å². The van der Waals surface area contributed by atoms with E-state index in [1.54, 1.807) is 0 Å². The predicted octanol–water partition coefficient (Wildman–Crippen LogP) is 2.51. The number of nitrogens with two attached hydrogens (primary N) is 1. The molecule has 3 rings (SSSR count). The maximum Gasteiger partial charge on any atom is 0.243 e. The van der Waals surface area contributed by atoms with Crippen LogP contribution in [-0.4, -0.2) is 36.1 Å². The van der Waals surface area contributed by atoms with Crippen LogP contribution in [0.3, 0.4) is 0 Å². The number of nitrogens with zero attached hydrogens (tertiary/aromatic N) is 1. The van der Waals surface area contributed by atoms with E-state index in [1.807, 2.05) is 29.2 Å². The molecule has 5 heteroatoms. The molecule has 1 atom stereocenters. The van der Waals surface area contributed by atoms with Crippen LogP contribution in [0.2, 0.25) is 5.02 Å². The summed E-state index contributed by atoms with van der Waals surface area (Å²) in [4.78, 5) is 14.8. The lowest BCUT2D eigenvalue weighted by Gasteiger charge is -2.37. The molecule has 0 aliphatic carbocycles. The SMILES string of the molecule is NC1(C(=O)N2CCCC2c2ccccc2Cl)CCOCC1. The van der Waals surface area contributed by atoms with E-state index < -0.39 is 5.54 Å². The number of rotatable bonds is 2. The first kappa shape index (κ1) is 14.8. The summed E-state index contributed by atoms with van der Waals surface area (Å²) < 4.78 is 5.34. The summed E-state index contributed by atoms with van der Waals surface area (Å²) in [7, 11) is 0. The Morgan fingerprint density at radius 1 is 1.33 bits per heavy atom. The number of likely N-dealkylation sites (tertiary alicyclic amines) is 1. The monoisotopic (exact) mass is 308 g/mol. The summed E-state index contributed by atoms with van der Waals surface area (Å²) in [6.45, 7) is 1.88. The van der Waals surface area contributed by atoms with Crippen LogP contribution in [0.15, 0.2) is 24.3 Å². The second-order valence-corrected chi connectivity index (χ2v) is 6.35. The first-order valence-corrected chi connectivity index (χ1v) is 7.92. The Hall–Kier alpha value is -1.10. The van der Waals surface area contributed by atoms with Gasteiger partial charge in [-0.05, 0) is 37.3 Å². The zero-order chi connectivity index (χ0) is 14.9. The van der Waals surface area contributed by atoms with Gasteiger partial charge in [-0.1, -0.05) is 29.8 Å². The van der Waals surface area contributed by atoms with Gasteiger partial charge in [0.05, 0.1) is 11.6 Å². The van der Waals surface area contributed by atoms with E-state index in [0.29, 0.717) is 26.1 Å². The molecule has 0 bridgehead atoms. The molecule has 2 fully saturated rings. The number of ether oxygens (including phenoxy) is 1. The van der Waals surface area contributed by atoms with Crippen molar-refractivity contribution in [2.45, 2.75) is 37.3 Å². The van der Waals surface area contributed by atoms with Gasteiger partial charge in [0.15, 0.2) is 0 Å². The van der Waals surface area contributed by atoms with Crippen LogP contribution in [0.1, 0.15) is 37.3 Å². The van der Waals surface area contributed by atoms with Crippen LogP contribution >= 0.6 is 11.6 Å². The third kappa shape index (κ3) is 2.80. The lowest BCUT2D eigenvalue weighted by Crippen LogP contribution is -2.57. The molecule has 0 spiro atoms. The van der Waals surface area contributed by atoms with Crippen molar-refractivity contribution in [1.29, 1.82) is 0 Å². The Bertz CT molecular complexity index is 529. The summed E-state index contributed by atoms with van der Waals surface area (Å²) in [6.07, 6.45) is 3.13. The highest BCUT2D eigenvalue weighted by atomic mass is 35.5. The molecule has 0 aromatic heterocycles. The highest BCUT2D eigenvalue weighted by Gasteiger charge is 2.43. The van der Waals surface area contributed by atoms with E-state index in [9.17, 15) is 4.79 Å². The maximum absolute atomic E-state index is 12.9. The highest BCUT2D eigenvalue weighted by molar-refractivity contribution is 6.31. The van der Waals surface area contributed by atoms with Crippen LogP contribution in [-0.2, 0) is 9.53 Å². The molecular weight excluding hydrogens is 288 g/mol. The standard InChI is InChI=1S/C16H21ClN2O2/c17-13-5-2-1-4-12(13)14-6-3-9-19(14)15(20)16(18)7-10-21-11-8-16/h1-2,4-5,14H,3,6-11,18H2. The van der Waals surface area contributed by atoms with Crippen LogP contribution in [0, 0.1) is 0 Å². The summed E-state index contributed by atoms with van der Waals surface area (Å²) in [5.74, 6) is 0.0493.